The maximum absolute atomic E-state index is 11.3. The summed E-state index contributed by atoms with van der Waals surface area (Å²) in [6.07, 6.45) is 2.08. The van der Waals surface area contributed by atoms with Gasteiger partial charge in [0.1, 0.15) is 11.5 Å². The van der Waals surface area contributed by atoms with Gasteiger partial charge in [-0.05, 0) is 24.3 Å². The van der Waals surface area contributed by atoms with E-state index >= 15 is 0 Å². The molecule has 0 spiro atoms. The van der Waals surface area contributed by atoms with E-state index in [0.29, 0.717) is 17.1 Å². The van der Waals surface area contributed by atoms with Crippen LogP contribution in [-0.2, 0) is 4.74 Å². The van der Waals surface area contributed by atoms with E-state index < -0.39 is 10.9 Å². The Kier molecular flexibility index (Phi) is 3.95. The molecule has 1 aromatic heterocycles. The number of carbonyl (C=O) groups excluding carboxylic acids is 1. The third-order valence-corrected chi connectivity index (χ3v) is 2.58. The molecule has 0 aliphatic heterocycles. The smallest absolute Gasteiger partial charge is 0.337 e. The minimum Gasteiger partial charge on any atom is -0.465 e. The number of hydrogen-bond acceptors (Lipinski definition) is 5. The fraction of sp³-hybridized carbons (Fsp3) is 0.0714. The molecule has 1 aromatic carbocycles. The van der Waals surface area contributed by atoms with Gasteiger partial charge in [-0.2, -0.15) is 0 Å². The number of nitrogens with zero attached hydrogens (tertiary/aromatic N) is 1. The standard InChI is InChI=1S/C14H11NO5/c1-19-14(16)11-4-2-10(3-5-11)13-7-6-12(20-13)8-9-15(17)18/h2-9H,1H3/b9-8+. The zero-order chi connectivity index (χ0) is 14.5. The number of rotatable bonds is 4. The summed E-state index contributed by atoms with van der Waals surface area (Å²) in [5.74, 6) is 0.531. The lowest BCUT2D eigenvalue weighted by atomic mass is 10.1. The number of carbonyl (C=O) groups is 1. The number of methoxy groups -OCH3 is 1. The lowest BCUT2D eigenvalue weighted by Crippen LogP contribution is -2.00. The second-order valence-electron chi connectivity index (χ2n) is 3.87. The number of benzene rings is 1. The van der Waals surface area contributed by atoms with E-state index in [-0.39, 0.29) is 0 Å². The first kappa shape index (κ1) is 13.5. The highest BCUT2D eigenvalue weighted by Crippen LogP contribution is 2.23. The Morgan fingerprint density at radius 1 is 1.25 bits per heavy atom. The molecule has 0 amide bonds. The van der Waals surface area contributed by atoms with E-state index in [1.165, 1.54) is 13.2 Å². The molecule has 6 heteroatoms. The second kappa shape index (κ2) is 5.83. The molecule has 0 saturated carbocycles. The molecule has 0 N–H and O–H groups in total. The van der Waals surface area contributed by atoms with Gasteiger partial charge in [-0.1, -0.05) is 12.1 Å². The molecule has 0 radical (unpaired) electrons. The van der Waals surface area contributed by atoms with Gasteiger partial charge in [-0.3, -0.25) is 10.1 Å². The topological polar surface area (TPSA) is 82.6 Å². The zero-order valence-corrected chi connectivity index (χ0v) is 10.6. The molecule has 0 aliphatic carbocycles. The first-order valence-corrected chi connectivity index (χ1v) is 5.70. The molecule has 102 valence electrons. The fourth-order valence-corrected chi connectivity index (χ4v) is 1.62. The van der Waals surface area contributed by atoms with Crippen LogP contribution in [0.4, 0.5) is 0 Å². The fourth-order valence-electron chi connectivity index (χ4n) is 1.62. The largest absolute Gasteiger partial charge is 0.465 e. The number of nitro groups is 1. The van der Waals surface area contributed by atoms with Crippen molar-refractivity contribution in [1.29, 1.82) is 0 Å². The summed E-state index contributed by atoms with van der Waals surface area (Å²) in [5, 5.41) is 10.2. The van der Waals surface area contributed by atoms with Crippen LogP contribution in [0.25, 0.3) is 17.4 Å². The lowest BCUT2D eigenvalue weighted by molar-refractivity contribution is -0.401. The number of furan rings is 1. The highest BCUT2D eigenvalue weighted by atomic mass is 16.6. The zero-order valence-electron chi connectivity index (χ0n) is 10.6. The van der Waals surface area contributed by atoms with Gasteiger partial charge in [-0.25, -0.2) is 4.79 Å². The highest BCUT2D eigenvalue weighted by molar-refractivity contribution is 5.89. The SMILES string of the molecule is COC(=O)c1ccc(-c2ccc(/C=C/[N+](=O)[O-])o2)cc1. The summed E-state index contributed by atoms with van der Waals surface area (Å²) in [6.45, 7) is 0. The average Bonchev–Trinajstić information content (AvgIpc) is 2.93. The van der Waals surface area contributed by atoms with Gasteiger partial charge in [0.25, 0.3) is 0 Å². The molecule has 0 bridgehead atoms. The van der Waals surface area contributed by atoms with Crippen molar-refractivity contribution >= 4 is 12.0 Å². The van der Waals surface area contributed by atoms with E-state index in [9.17, 15) is 14.9 Å². The van der Waals surface area contributed by atoms with Crippen molar-refractivity contribution in [2.75, 3.05) is 7.11 Å². The maximum Gasteiger partial charge on any atom is 0.337 e. The van der Waals surface area contributed by atoms with Crippen molar-refractivity contribution in [3.8, 4) is 11.3 Å². The minimum absolute atomic E-state index is 0.383. The molecule has 0 atom stereocenters. The van der Waals surface area contributed by atoms with E-state index in [1.807, 2.05) is 0 Å². The Bertz CT molecular complexity index is 654. The molecule has 20 heavy (non-hydrogen) atoms. The van der Waals surface area contributed by atoms with E-state index in [1.54, 1.807) is 36.4 Å². The second-order valence-corrected chi connectivity index (χ2v) is 3.87. The van der Waals surface area contributed by atoms with Crippen molar-refractivity contribution in [2.45, 2.75) is 0 Å². The van der Waals surface area contributed by atoms with Gasteiger partial charge in [0, 0.05) is 5.56 Å². The Hall–Kier alpha value is -2.89. The van der Waals surface area contributed by atoms with Gasteiger partial charge in [-0.15, -0.1) is 0 Å². The minimum atomic E-state index is -0.562. The first-order chi connectivity index (χ1) is 9.60. The van der Waals surface area contributed by atoms with E-state index in [2.05, 4.69) is 4.74 Å². The maximum atomic E-state index is 11.3. The highest BCUT2D eigenvalue weighted by Gasteiger charge is 2.07. The number of esters is 1. The summed E-state index contributed by atoms with van der Waals surface area (Å²) >= 11 is 0. The van der Waals surface area contributed by atoms with Crippen molar-refractivity contribution in [3.63, 3.8) is 0 Å². The predicted octanol–water partition coefficient (Wildman–Crippen LogP) is 2.98. The normalized spacial score (nSPS) is 10.7. The average molecular weight is 273 g/mol. The van der Waals surface area contributed by atoms with Gasteiger partial charge in [0.15, 0.2) is 0 Å². The van der Waals surface area contributed by atoms with Crippen LogP contribution < -0.4 is 0 Å². The number of ether oxygens (including phenoxy) is 1. The van der Waals surface area contributed by atoms with Crippen LogP contribution in [0.5, 0.6) is 0 Å². The molecular formula is C14H11NO5. The van der Waals surface area contributed by atoms with Crippen LogP contribution in [-0.4, -0.2) is 18.0 Å². The van der Waals surface area contributed by atoms with Gasteiger partial charge in [0.05, 0.1) is 23.7 Å². The monoisotopic (exact) mass is 273 g/mol. The molecule has 0 unspecified atom stereocenters. The summed E-state index contributed by atoms with van der Waals surface area (Å²) < 4.78 is 10.0. The van der Waals surface area contributed by atoms with Crippen molar-refractivity contribution in [2.24, 2.45) is 0 Å². The molecule has 0 saturated heterocycles. The number of hydrogen-bond donors (Lipinski definition) is 0. The summed E-state index contributed by atoms with van der Waals surface area (Å²) in [5.41, 5.74) is 1.20. The molecule has 2 aromatic rings. The van der Waals surface area contributed by atoms with Crippen LogP contribution in [0.15, 0.2) is 47.0 Å². The summed E-state index contributed by atoms with van der Waals surface area (Å²) in [4.78, 5) is 20.9. The third-order valence-electron chi connectivity index (χ3n) is 2.58. The third kappa shape index (κ3) is 3.11. The predicted molar refractivity (Wildman–Crippen MR) is 71.5 cm³/mol. The Balaban J connectivity index is 2.20. The van der Waals surface area contributed by atoms with Gasteiger partial charge in [0.2, 0.25) is 6.20 Å². The first-order valence-electron chi connectivity index (χ1n) is 5.70. The van der Waals surface area contributed by atoms with Crippen LogP contribution >= 0.6 is 0 Å². The molecule has 0 fully saturated rings. The van der Waals surface area contributed by atoms with Gasteiger partial charge < -0.3 is 9.15 Å². The van der Waals surface area contributed by atoms with Gasteiger partial charge >= 0.3 is 5.97 Å². The van der Waals surface area contributed by atoms with E-state index in [0.717, 1.165) is 11.8 Å². The summed E-state index contributed by atoms with van der Waals surface area (Å²) in [7, 11) is 1.32. The Morgan fingerprint density at radius 3 is 2.55 bits per heavy atom. The molecule has 0 aliphatic rings. The van der Waals surface area contributed by atoms with Crippen molar-refractivity contribution < 1.29 is 18.9 Å². The molecule has 1 heterocycles. The van der Waals surface area contributed by atoms with Crippen molar-refractivity contribution in [3.05, 3.63) is 64.0 Å². The lowest BCUT2D eigenvalue weighted by Gasteiger charge is -2.00. The summed E-state index contributed by atoms with van der Waals surface area (Å²) in [6, 6.07) is 10.0. The Morgan fingerprint density at radius 2 is 1.95 bits per heavy atom. The quantitative estimate of drug-likeness (QED) is 0.486. The molecule has 6 nitrogen and oxygen atoms in total. The van der Waals surface area contributed by atoms with Crippen LogP contribution in [0, 0.1) is 10.1 Å². The molecular weight excluding hydrogens is 262 g/mol. The van der Waals surface area contributed by atoms with Crippen LogP contribution in [0.1, 0.15) is 16.1 Å². The van der Waals surface area contributed by atoms with E-state index in [4.69, 9.17) is 4.42 Å². The van der Waals surface area contributed by atoms with Crippen LogP contribution in [0.3, 0.4) is 0 Å². The molecule has 2 rings (SSSR count). The Labute approximate surface area is 114 Å². The van der Waals surface area contributed by atoms with Crippen molar-refractivity contribution in [1.82, 2.24) is 0 Å². The van der Waals surface area contributed by atoms with Crippen LogP contribution in [0.2, 0.25) is 0 Å².